The molecule has 0 aromatic heterocycles. The average molecular weight is 614 g/mol. The molecule has 4 nitrogen and oxygen atoms in total. The summed E-state index contributed by atoms with van der Waals surface area (Å²) in [5.41, 5.74) is 5.91. The summed E-state index contributed by atoms with van der Waals surface area (Å²) in [6.45, 7) is 8.75. The minimum absolute atomic E-state index is 0.195. The molecule has 4 aromatic carbocycles. The van der Waals surface area contributed by atoms with Crippen LogP contribution in [0.25, 0.3) is 0 Å². The van der Waals surface area contributed by atoms with Crippen molar-refractivity contribution < 1.29 is 19.7 Å². The molecule has 4 rings (SSSR count). The van der Waals surface area contributed by atoms with Crippen LogP contribution in [0.5, 0.6) is 23.0 Å². The van der Waals surface area contributed by atoms with Crippen molar-refractivity contribution >= 4 is 31.9 Å². The largest absolute Gasteiger partial charge is 0.508 e. The molecule has 0 saturated carbocycles. The fourth-order valence-corrected chi connectivity index (χ4v) is 4.59. The lowest BCUT2D eigenvalue weighted by Gasteiger charge is -2.17. The molecule has 0 aliphatic carbocycles. The van der Waals surface area contributed by atoms with Crippen LogP contribution in [0.4, 0.5) is 0 Å². The third kappa shape index (κ3) is 7.05. The van der Waals surface area contributed by atoms with E-state index in [0.717, 1.165) is 38.2 Å². The van der Waals surface area contributed by atoms with Crippen molar-refractivity contribution in [3.63, 3.8) is 0 Å². The van der Waals surface area contributed by atoms with Gasteiger partial charge in [-0.1, -0.05) is 60.7 Å². The SMILES string of the molecule is Cc1c(O)cc(Br)c(O)c1C.Cc1c(OCc2ccccc2)cc(Br)c(OCc2ccccc2)c1C. The summed E-state index contributed by atoms with van der Waals surface area (Å²) >= 11 is 6.75. The van der Waals surface area contributed by atoms with Gasteiger partial charge < -0.3 is 19.7 Å². The normalized spacial score (nSPS) is 10.4. The predicted molar refractivity (Wildman–Crippen MR) is 152 cm³/mol. The van der Waals surface area contributed by atoms with E-state index < -0.39 is 0 Å². The summed E-state index contributed by atoms with van der Waals surface area (Å²) < 4.78 is 13.5. The molecule has 6 heteroatoms. The number of hydrogen-bond donors (Lipinski definition) is 2. The quantitative estimate of drug-likeness (QED) is 0.214. The van der Waals surface area contributed by atoms with Gasteiger partial charge in [0.2, 0.25) is 0 Å². The summed E-state index contributed by atoms with van der Waals surface area (Å²) in [4.78, 5) is 0. The molecule has 4 aromatic rings. The highest BCUT2D eigenvalue weighted by molar-refractivity contribution is 9.10. The Bertz CT molecular complexity index is 1280. The van der Waals surface area contributed by atoms with E-state index in [1.54, 1.807) is 13.8 Å². The van der Waals surface area contributed by atoms with Gasteiger partial charge >= 0.3 is 0 Å². The van der Waals surface area contributed by atoms with Crippen molar-refractivity contribution in [2.45, 2.75) is 40.9 Å². The number of rotatable bonds is 6. The lowest BCUT2D eigenvalue weighted by molar-refractivity contribution is 0.292. The Morgan fingerprint density at radius 2 is 1.14 bits per heavy atom. The van der Waals surface area contributed by atoms with E-state index in [4.69, 9.17) is 9.47 Å². The van der Waals surface area contributed by atoms with Crippen molar-refractivity contribution in [1.29, 1.82) is 0 Å². The molecule has 0 aliphatic rings. The molecular formula is C30H30Br2O4. The van der Waals surface area contributed by atoms with Gasteiger partial charge in [0, 0.05) is 0 Å². The zero-order valence-corrected chi connectivity index (χ0v) is 24.0. The second-order valence-corrected chi connectivity index (χ2v) is 10.2. The van der Waals surface area contributed by atoms with Crippen LogP contribution in [0.3, 0.4) is 0 Å². The molecule has 0 amide bonds. The molecule has 0 radical (unpaired) electrons. The Balaban J connectivity index is 0.000000275. The number of benzene rings is 4. The standard InChI is InChI=1S/C22H21BrO2.C8H9BrO2/c1-16-17(2)22(25-15-19-11-7-4-8-12-19)20(23)13-21(16)24-14-18-9-5-3-6-10-18;1-4-5(2)8(11)6(9)3-7(4)10/h3-13H,14-15H2,1-2H3;3,10-11H,1-2H3. The number of hydrogen-bond acceptors (Lipinski definition) is 4. The molecule has 0 saturated heterocycles. The third-order valence-corrected chi connectivity index (χ3v) is 7.20. The van der Waals surface area contributed by atoms with Crippen molar-refractivity contribution in [3.8, 4) is 23.0 Å². The van der Waals surface area contributed by atoms with E-state index in [0.29, 0.717) is 28.8 Å². The molecular weight excluding hydrogens is 584 g/mol. The van der Waals surface area contributed by atoms with E-state index >= 15 is 0 Å². The molecule has 36 heavy (non-hydrogen) atoms. The van der Waals surface area contributed by atoms with Crippen LogP contribution < -0.4 is 9.47 Å². The Morgan fingerprint density at radius 3 is 1.69 bits per heavy atom. The lowest BCUT2D eigenvalue weighted by Crippen LogP contribution is -2.02. The second-order valence-electron chi connectivity index (χ2n) is 8.46. The van der Waals surface area contributed by atoms with Gasteiger partial charge in [-0.25, -0.2) is 0 Å². The van der Waals surface area contributed by atoms with E-state index in [2.05, 4.69) is 70.0 Å². The van der Waals surface area contributed by atoms with Crippen LogP contribution in [0, 0.1) is 27.7 Å². The molecule has 0 spiro atoms. The number of halogens is 2. The Kier molecular flexibility index (Phi) is 9.85. The minimum Gasteiger partial charge on any atom is -0.508 e. The van der Waals surface area contributed by atoms with E-state index in [1.807, 2.05) is 42.5 Å². The fourth-order valence-electron chi connectivity index (χ4n) is 3.46. The summed E-state index contributed by atoms with van der Waals surface area (Å²) in [7, 11) is 0. The molecule has 0 aliphatic heterocycles. The highest BCUT2D eigenvalue weighted by atomic mass is 79.9. The maximum atomic E-state index is 9.35. The topological polar surface area (TPSA) is 58.9 Å². The van der Waals surface area contributed by atoms with Crippen LogP contribution in [0.15, 0.2) is 81.7 Å². The number of aromatic hydroxyl groups is 2. The number of phenols is 2. The van der Waals surface area contributed by atoms with Gasteiger partial charge in [-0.15, -0.1) is 0 Å². The lowest BCUT2D eigenvalue weighted by atomic mass is 10.1. The van der Waals surface area contributed by atoms with Gasteiger partial charge in [0.05, 0.1) is 8.95 Å². The molecule has 0 atom stereocenters. The van der Waals surface area contributed by atoms with Gasteiger partial charge in [-0.3, -0.25) is 0 Å². The monoisotopic (exact) mass is 612 g/mol. The molecule has 0 bridgehead atoms. The van der Waals surface area contributed by atoms with Crippen LogP contribution in [-0.4, -0.2) is 10.2 Å². The van der Waals surface area contributed by atoms with E-state index in [9.17, 15) is 10.2 Å². The van der Waals surface area contributed by atoms with Crippen molar-refractivity contribution in [2.75, 3.05) is 0 Å². The average Bonchev–Trinajstić information content (AvgIpc) is 2.89. The summed E-state index contributed by atoms with van der Waals surface area (Å²) in [6.07, 6.45) is 0. The van der Waals surface area contributed by atoms with Gasteiger partial charge in [0.25, 0.3) is 0 Å². The first-order valence-electron chi connectivity index (χ1n) is 11.5. The minimum atomic E-state index is 0.195. The Morgan fingerprint density at radius 1 is 0.611 bits per heavy atom. The van der Waals surface area contributed by atoms with Crippen molar-refractivity contribution in [2.24, 2.45) is 0 Å². The molecule has 188 valence electrons. The Hall–Kier alpha value is -2.96. The molecule has 2 N–H and O–H groups in total. The van der Waals surface area contributed by atoms with Gasteiger partial charge in [0.1, 0.15) is 36.2 Å². The highest BCUT2D eigenvalue weighted by Gasteiger charge is 2.14. The molecule has 0 unspecified atom stereocenters. The zero-order valence-electron chi connectivity index (χ0n) is 20.8. The summed E-state index contributed by atoms with van der Waals surface area (Å²) in [5, 5.41) is 18.6. The zero-order chi connectivity index (χ0) is 26.2. The third-order valence-electron chi connectivity index (χ3n) is 6.00. The van der Waals surface area contributed by atoms with E-state index in [-0.39, 0.29) is 11.5 Å². The molecule has 0 heterocycles. The van der Waals surface area contributed by atoms with E-state index in [1.165, 1.54) is 6.07 Å². The number of phenolic OH excluding ortho intramolecular Hbond substituents is 2. The second kappa shape index (κ2) is 12.8. The highest BCUT2D eigenvalue weighted by Crippen LogP contribution is 2.38. The maximum absolute atomic E-state index is 9.35. The van der Waals surface area contributed by atoms with Crippen LogP contribution in [-0.2, 0) is 13.2 Å². The van der Waals surface area contributed by atoms with Gasteiger partial charge in [-0.05, 0) is 105 Å². The fraction of sp³-hybridized carbons (Fsp3) is 0.200. The first-order valence-corrected chi connectivity index (χ1v) is 13.1. The van der Waals surface area contributed by atoms with Crippen molar-refractivity contribution in [3.05, 3.63) is 115 Å². The smallest absolute Gasteiger partial charge is 0.137 e. The van der Waals surface area contributed by atoms with Gasteiger partial charge in [0.15, 0.2) is 0 Å². The first-order chi connectivity index (χ1) is 17.2. The summed E-state index contributed by atoms with van der Waals surface area (Å²) in [5.74, 6) is 2.14. The van der Waals surface area contributed by atoms with Crippen molar-refractivity contribution in [1.82, 2.24) is 0 Å². The maximum Gasteiger partial charge on any atom is 0.137 e. The molecule has 0 fully saturated rings. The number of ether oxygens (including phenoxy) is 2. The van der Waals surface area contributed by atoms with Gasteiger partial charge in [-0.2, -0.15) is 0 Å². The first kappa shape index (κ1) is 27.6. The van der Waals surface area contributed by atoms with Crippen LogP contribution in [0.1, 0.15) is 33.4 Å². The van der Waals surface area contributed by atoms with Crippen LogP contribution in [0.2, 0.25) is 0 Å². The summed E-state index contributed by atoms with van der Waals surface area (Å²) in [6, 6.07) is 23.8. The Labute approximate surface area is 229 Å². The predicted octanol–water partition coefficient (Wildman–Crippen LogP) is 8.70. The van der Waals surface area contributed by atoms with Crippen LogP contribution >= 0.6 is 31.9 Å².